The van der Waals surface area contributed by atoms with E-state index in [1.54, 1.807) is 30.3 Å². The summed E-state index contributed by atoms with van der Waals surface area (Å²) in [6, 6.07) is 18.8. The largest absolute Gasteiger partial charge is 0.493 e. The lowest BCUT2D eigenvalue weighted by Gasteiger charge is -2.14. The minimum Gasteiger partial charge on any atom is -0.493 e. The van der Waals surface area contributed by atoms with E-state index in [1.807, 2.05) is 37.3 Å². The van der Waals surface area contributed by atoms with E-state index in [0.29, 0.717) is 32.1 Å². The van der Waals surface area contributed by atoms with Crippen molar-refractivity contribution < 1.29 is 9.47 Å². The van der Waals surface area contributed by atoms with Gasteiger partial charge in [0.25, 0.3) is 0 Å². The fraction of sp³-hybridized carbons (Fsp3) is 0.125. The molecule has 0 saturated heterocycles. The summed E-state index contributed by atoms with van der Waals surface area (Å²) in [4.78, 5) is 0. The number of allylic oxidation sites excluding steroid dienone is 1. The number of nitriles is 1. The summed E-state index contributed by atoms with van der Waals surface area (Å²) in [7, 11) is 1.54. The second-order valence-electron chi connectivity index (χ2n) is 6.61. The van der Waals surface area contributed by atoms with E-state index >= 15 is 0 Å². The van der Waals surface area contributed by atoms with Crippen LogP contribution in [-0.2, 0) is 6.61 Å². The van der Waals surface area contributed by atoms with Gasteiger partial charge in [-0.2, -0.15) is 5.26 Å². The summed E-state index contributed by atoms with van der Waals surface area (Å²) in [6.45, 7) is 2.25. The van der Waals surface area contributed by atoms with Gasteiger partial charge in [-0.15, -0.1) is 0 Å². The van der Waals surface area contributed by atoms with E-state index < -0.39 is 0 Å². The van der Waals surface area contributed by atoms with Crippen molar-refractivity contribution in [3.8, 4) is 17.6 Å². The number of hydrogen-bond acceptors (Lipinski definition) is 3. The number of hydrogen-bond donors (Lipinski definition) is 0. The fourth-order valence-corrected chi connectivity index (χ4v) is 3.42. The minimum atomic E-state index is 0.245. The molecule has 152 valence electrons. The zero-order valence-corrected chi connectivity index (χ0v) is 18.6. The Bertz CT molecular complexity index is 1130. The first-order valence-corrected chi connectivity index (χ1v) is 10.2. The van der Waals surface area contributed by atoms with E-state index in [0.717, 1.165) is 22.3 Å². The third-order valence-electron chi connectivity index (χ3n) is 4.41. The molecule has 3 aromatic rings. The molecule has 0 unspecified atom stereocenters. The summed E-state index contributed by atoms with van der Waals surface area (Å²) in [5.41, 5.74) is 4.06. The predicted octanol–water partition coefficient (Wildman–Crippen LogP) is 7.61. The van der Waals surface area contributed by atoms with E-state index in [9.17, 15) is 5.26 Å². The molecule has 6 heteroatoms. The average Bonchev–Trinajstić information content (AvgIpc) is 2.74. The van der Waals surface area contributed by atoms with Crippen LogP contribution in [0.15, 0.2) is 54.6 Å². The van der Waals surface area contributed by atoms with Gasteiger partial charge >= 0.3 is 0 Å². The summed E-state index contributed by atoms with van der Waals surface area (Å²) in [6.07, 6.45) is 1.77. The molecule has 0 aliphatic rings. The molecule has 0 radical (unpaired) electrons. The van der Waals surface area contributed by atoms with Crippen molar-refractivity contribution in [3.63, 3.8) is 0 Å². The van der Waals surface area contributed by atoms with Gasteiger partial charge in [0, 0.05) is 0 Å². The number of nitrogens with zero attached hydrogens (tertiary/aromatic N) is 1. The van der Waals surface area contributed by atoms with Crippen LogP contribution >= 0.6 is 34.8 Å². The smallest absolute Gasteiger partial charge is 0.180 e. The molecule has 3 nitrogen and oxygen atoms in total. The molecular weight excluding hydrogens is 441 g/mol. The molecule has 0 saturated carbocycles. The first kappa shape index (κ1) is 22.1. The number of aryl methyl sites for hydroxylation is 1. The van der Waals surface area contributed by atoms with Crippen molar-refractivity contribution in [3.05, 3.63) is 91.9 Å². The topological polar surface area (TPSA) is 42.2 Å². The lowest BCUT2D eigenvalue weighted by atomic mass is 10.0. The monoisotopic (exact) mass is 457 g/mol. The van der Waals surface area contributed by atoms with Crippen molar-refractivity contribution in [1.82, 2.24) is 0 Å². The number of ether oxygens (including phenoxy) is 2. The van der Waals surface area contributed by atoms with E-state index in [4.69, 9.17) is 44.3 Å². The molecule has 0 atom stereocenters. The second-order valence-corrected chi connectivity index (χ2v) is 7.83. The summed E-state index contributed by atoms with van der Waals surface area (Å²) >= 11 is 18.5. The Morgan fingerprint density at radius 1 is 0.967 bits per heavy atom. The molecule has 0 bridgehead atoms. The predicted molar refractivity (Wildman–Crippen MR) is 123 cm³/mol. The molecule has 0 fully saturated rings. The first-order chi connectivity index (χ1) is 14.4. The zero-order valence-electron chi connectivity index (χ0n) is 16.4. The second kappa shape index (κ2) is 9.91. The minimum absolute atomic E-state index is 0.245. The van der Waals surface area contributed by atoms with Crippen LogP contribution in [0.25, 0.3) is 11.6 Å². The van der Waals surface area contributed by atoms with Crippen molar-refractivity contribution in [2.24, 2.45) is 0 Å². The molecule has 3 rings (SSSR count). The standard InChI is InChI=1S/C24H18Cl3NO2/c1-15-3-6-18(7-4-15)19(13-28)9-17-11-22(27)24(23(12-17)29-2)30-14-16-5-8-20(25)21(26)10-16/h3-12H,14H2,1-2H3/b19-9-. The highest BCUT2D eigenvalue weighted by Gasteiger charge is 2.13. The van der Waals surface area contributed by atoms with Gasteiger partial charge in [-0.25, -0.2) is 0 Å². The summed E-state index contributed by atoms with van der Waals surface area (Å²) < 4.78 is 11.3. The van der Waals surface area contributed by atoms with Crippen LogP contribution in [0.5, 0.6) is 11.5 Å². The first-order valence-electron chi connectivity index (χ1n) is 9.04. The lowest BCUT2D eigenvalue weighted by Crippen LogP contribution is -1.99. The maximum Gasteiger partial charge on any atom is 0.180 e. The molecule has 0 aliphatic heterocycles. The Balaban J connectivity index is 1.88. The third-order valence-corrected chi connectivity index (χ3v) is 5.43. The van der Waals surface area contributed by atoms with Crippen LogP contribution in [0, 0.1) is 18.3 Å². The van der Waals surface area contributed by atoms with Gasteiger partial charge in [0.15, 0.2) is 11.5 Å². The van der Waals surface area contributed by atoms with E-state index in [1.165, 1.54) is 7.11 Å². The summed E-state index contributed by atoms with van der Waals surface area (Å²) in [5, 5.41) is 10.9. The molecular formula is C24H18Cl3NO2. The van der Waals surface area contributed by atoms with Crippen molar-refractivity contribution in [2.45, 2.75) is 13.5 Å². The number of benzene rings is 3. The Morgan fingerprint density at radius 2 is 1.70 bits per heavy atom. The van der Waals surface area contributed by atoms with Gasteiger partial charge < -0.3 is 9.47 Å². The molecule has 0 N–H and O–H groups in total. The van der Waals surface area contributed by atoms with Crippen LogP contribution in [0.2, 0.25) is 15.1 Å². The Labute approximate surface area is 191 Å². The van der Waals surface area contributed by atoms with Gasteiger partial charge in [-0.05, 0) is 54.0 Å². The molecule has 0 aromatic heterocycles. The van der Waals surface area contributed by atoms with Crippen molar-refractivity contribution >= 4 is 46.5 Å². The fourth-order valence-electron chi connectivity index (χ4n) is 2.83. The van der Waals surface area contributed by atoms with E-state index in [-0.39, 0.29) is 6.61 Å². The molecule has 30 heavy (non-hydrogen) atoms. The van der Waals surface area contributed by atoms with Crippen LogP contribution in [0.3, 0.4) is 0 Å². The van der Waals surface area contributed by atoms with Crippen molar-refractivity contribution in [2.75, 3.05) is 7.11 Å². The maximum atomic E-state index is 9.59. The molecule has 0 amide bonds. The molecule has 0 aliphatic carbocycles. The number of halogens is 3. The molecule has 3 aromatic carbocycles. The third kappa shape index (κ3) is 5.29. The number of rotatable bonds is 6. The van der Waals surface area contributed by atoms with Crippen LogP contribution in [-0.4, -0.2) is 7.11 Å². The normalized spacial score (nSPS) is 11.1. The van der Waals surface area contributed by atoms with Crippen LogP contribution in [0.4, 0.5) is 0 Å². The highest BCUT2D eigenvalue weighted by atomic mass is 35.5. The summed E-state index contributed by atoms with van der Waals surface area (Å²) in [5.74, 6) is 0.881. The van der Waals surface area contributed by atoms with Gasteiger partial charge in [-0.1, -0.05) is 70.7 Å². The van der Waals surface area contributed by atoms with Crippen LogP contribution in [0.1, 0.15) is 22.3 Å². The highest BCUT2D eigenvalue weighted by Crippen LogP contribution is 2.38. The van der Waals surface area contributed by atoms with Crippen LogP contribution < -0.4 is 9.47 Å². The van der Waals surface area contributed by atoms with Gasteiger partial charge in [0.05, 0.1) is 33.8 Å². The molecule has 0 spiro atoms. The quantitative estimate of drug-likeness (QED) is 0.282. The Hall–Kier alpha value is -2.64. The average molecular weight is 459 g/mol. The Morgan fingerprint density at radius 3 is 2.33 bits per heavy atom. The SMILES string of the molecule is COc1cc(/C=C(/C#N)c2ccc(C)cc2)cc(Cl)c1OCc1ccc(Cl)c(Cl)c1. The molecule has 0 heterocycles. The lowest BCUT2D eigenvalue weighted by molar-refractivity contribution is 0.284. The van der Waals surface area contributed by atoms with Gasteiger partial charge in [-0.3, -0.25) is 0 Å². The van der Waals surface area contributed by atoms with Gasteiger partial charge in [0.1, 0.15) is 6.61 Å². The maximum absolute atomic E-state index is 9.59. The van der Waals surface area contributed by atoms with Crippen molar-refractivity contribution in [1.29, 1.82) is 5.26 Å². The van der Waals surface area contributed by atoms with E-state index in [2.05, 4.69) is 6.07 Å². The zero-order chi connectivity index (χ0) is 21.7. The highest BCUT2D eigenvalue weighted by molar-refractivity contribution is 6.42. The number of methoxy groups -OCH3 is 1. The Kier molecular flexibility index (Phi) is 7.29. The van der Waals surface area contributed by atoms with Gasteiger partial charge in [0.2, 0.25) is 0 Å².